The molecule has 0 fully saturated rings. The van der Waals surface area contributed by atoms with Gasteiger partial charge in [0.2, 0.25) is 0 Å². The Kier molecular flexibility index (Phi) is 5.01. The zero-order valence-electron chi connectivity index (χ0n) is 17.9. The van der Waals surface area contributed by atoms with E-state index in [0.29, 0.717) is 18.0 Å². The Morgan fingerprint density at radius 1 is 1.03 bits per heavy atom. The van der Waals surface area contributed by atoms with Crippen LogP contribution in [-0.2, 0) is 19.4 Å². The average Bonchev–Trinajstić information content (AvgIpc) is 3.29. The number of hydrogen-bond acceptors (Lipinski definition) is 6. The van der Waals surface area contributed by atoms with Crippen LogP contribution in [0.5, 0.6) is 17.2 Å². The highest BCUT2D eigenvalue weighted by Gasteiger charge is 2.41. The molecule has 3 aliphatic heterocycles. The fraction of sp³-hybridized carbons (Fsp3) is 0.308. The van der Waals surface area contributed by atoms with Gasteiger partial charge in [0, 0.05) is 30.0 Å². The van der Waals surface area contributed by atoms with Crippen molar-refractivity contribution >= 4 is 12.0 Å². The van der Waals surface area contributed by atoms with Gasteiger partial charge in [-0.1, -0.05) is 30.3 Å². The van der Waals surface area contributed by atoms with E-state index in [4.69, 9.17) is 13.7 Å². The summed E-state index contributed by atoms with van der Waals surface area (Å²) in [7, 11) is 1.66. The number of fused-ring (bicyclic) bond motifs is 5. The fourth-order valence-electron chi connectivity index (χ4n) is 5.18. The van der Waals surface area contributed by atoms with Crippen LogP contribution in [0.25, 0.3) is 0 Å². The molecule has 3 aliphatic rings. The van der Waals surface area contributed by atoms with Gasteiger partial charge in [0.15, 0.2) is 11.5 Å². The van der Waals surface area contributed by atoms with Crippen LogP contribution in [0.4, 0.5) is 0 Å². The smallest absolute Gasteiger partial charge is 0.184 e. The van der Waals surface area contributed by atoms with E-state index in [1.807, 2.05) is 42.5 Å². The third-order valence-corrected chi connectivity index (χ3v) is 7.47. The minimum Gasteiger partial charge on any atom is -0.493 e. The SMILES string of the molecule is COc1ccc2c(c1OSc1ccccc1)CN1CCc3cc4c(cc3C1C2O)CCO4. The standard InChI is InChI=1S/C26H25NO4S/c1-29-22-8-7-19-21(26(22)31-32-18-5-3-2-4-6-18)15-27-11-9-16-14-23-17(10-12-30-23)13-20(16)24(27)25(19)28/h2-8,13-14,24-25,28H,9-12,15H2,1H3. The van der Waals surface area contributed by atoms with Crippen LogP contribution >= 0.6 is 12.0 Å². The number of ether oxygens (including phenoxy) is 2. The summed E-state index contributed by atoms with van der Waals surface area (Å²) in [4.78, 5) is 3.39. The minimum absolute atomic E-state index is 0.0554. The van der Waals surface area contributed by atoms with Crippen LogP contribution in [0.15, 0.2) is 59.5 Å². The van der Waals surface area contributed by atoms with Gasteiger partial charge in [-0.2, -0.15) is 0 Å². The molecule has 5 nitrogen and oxygen atoms in total. The molecule has 2 unspecified atom stereocenters. The lowest BCUT2D eigenvalue weighted by Gasteiger charge is -2.44. The summed E-state index contributed by atoms with van der Waals surface area (Å²) in [6.07, 6.45) is 1.25. The van der Waals surface area contributed by atoms with E-state index in [-0.39, 0.29) is 6.04 Å². The van der Waals surface area contributed by atoms with Crippen molar-refractivity contribution in [3.05, 3.63) is 82.4 Å². The molecule has 1 N–H and O–H groups in total. The number of rotatable bonds is 4. The van der Waals surface area contributed by atoms with Gasteiger partial charge in [-0.15, -0.1) is 0 Å². The summed E-state index contributed by atoms with van der Waals surface area (Å²) in [5.74, 6) is 2.40. The van der Waals surface area contributed by atoms with Gasteiger partial charge < -0.3 is 18.8 Å². The topological polar surface area (TPSA) is 51.2 Å². The first-order valence-corrected chi connectivity index (χ1v) is 11.8. The Hall–Kier alpha value is -2.67. The molecule has 3 aromatic carbocycles. The van der Waals surface area contributed by atoms with E-state index in [0.717, 1.165) is 47.8 Å². The molecular formula is C26H25NO4S. The van der Waals surface area contributed by atoms with Crippen LogP contribution < -0.4 is 13.7 Å². The van der Waals surface area contributed by atoms with Crippen molar-refractivity contribution in [1.82, 2.24) is 4.90 Å². The third-order valence-electron chi connectivity index (χ3n) is 6.76. The first-order valence-electron chi connectivity index (χ1n) is 11.0. The van der Waals surface area contributed by atoms with Crippen LogP contribution in [-0.4, -0.2) is 30.3 Å². The van der Waals surface area contributed by atoms with Crippen molar-refractivity contribution in [2.75, 3.05) is 20.3 Å². The molecule has 0 spiro atoms. The molecule has 0 amide bonds. The normalized spacial score (nSPS) is 21.1. The van der Waals surface area contributed by atoms with E-state index in [2.05, 4.69) is 17.0 Å². The second-order valence-corrected chi connectivity index (χ2v) is 9.32. The lowest BCUT2D eigenvalue weighted by Crippen LogP contribution is -2.41. The Morgan fingerprint density at radius 3 is 2.75 bits per heavy atom. The third kappa shape index (κ3) is 3.25. The average molecular weight is 448 g/mol. The van der Waals surface area contributed by atoms with Gasteiger partial charge in [0.05, 0.1) is 37.9 Å². The van der Waals surface area contributed by atoms with Crippen molar-refractivity contribution in [3.8, 4) is 17.2 Å². The minimum atomic E-state index is -0.631. The van der Waals surface area contributed by atoms with E-state index in [1.165, 1.54) is 28.7 Å². The van der Waals surface area contributed by atoms with Crippen LogP contribution in [0.2, 0.25) is 0 Å². The summed E-state index contributed by atoms with van der Waals surface area (Å²) < 4.78 is 17.6. The molecule has 6 rings (SSSR count). The van der Waals surface area contributed by atoms with E-state index >= 15 is 0 Å². The van der Waals surface area contributed by atoms with Gasteiger partial charge in [-0.25, -0.2) is 0 Å². The molecule has 0 aliphatic carbocycles. The number of aliphatic hydroxyl groups is 1. The first kappa shape index (κ1) is 20.0. The molecule has 0 aromatic heterocycles. The summed E-state index contributed by atoms with van der Waals surface area (Å²) >= 11 is 1.31. The highest BCUT2D eigenvalue weighted by atomic mass is 32.2. The lowest BCUT2D eigenvalue weighted by molar-refractivity contribution is 0.0199. The van der Waals surface area contributed by atoms with E-state index < -0.39 is 6.10 Å². The fourth-order valence-corrected chi connectivity index (χ4v) is 5.81. The van der Waals surface area contributed by atoms with Gasteiger partial charge in [0.1, 0.15) is 5.75 Å². The van der Waals surface area contributed by atoms with Gasteiger partial charge in [0.25, 0.3) is 0 Å². The Morgan fingerprint density at radius 2 is 1.91 bits per heavy atom. The molecule has 6 heteroatoms. The maximum Gasteiger partial charge on any atom is 0.184 e. The maximum atomic E-state index is 11.5. The predicted molar refractivity (Wildman–Crippen MR) is 123 cm³/mol. The number of benzene rings is 3. The molecule has 32 heavy (non-hydrogen) atoms. The van der Waals surface area contributed by atoms with Crippen molar-refractivity contribution in [2.45, 2.75) is 36.4 Å². The summed E-state index contributed by atoms with van der Waals surface area (Å²) in [5, 5.41) is 11.5. The number of methoxy groups -OCH3 is 1. The molecular weight excluding hydrogens is 422 g/mol. The highest BCUT2D eigenvalue weighted by Crippen LogP contribution is 2.50. The molecule has 3 aromatic rings. The molecule has 3 heterocycles. The Balaban J connectivity index is 1.38. The van der Waals surface area contributed by atoms with E-state index in [1.54, 1.807) is 7.11 Å². The number of aliphatic hydroxyl groups excluding tert-OH is 1. The molecule has 0 radical (unpaired) electrons. The summed E-state index contributed by atoms with van der Waals surface area (Å²) in [5.41, 5.74) is 5.70. The first-order chi connectivity index (χ1) is 15.7. The highest BCUT2D eigenvalue weighted by molar-refractivity contribution is 7.95. The number of nitrogens with zero attached hydrogens (tertiary/aromatic N) is 1. The zero-order valence-corrected chi connectivity index (χ0v) is 18.7. The van der Waals surface area contributed by atoms with Gasteiger partial charge in [-0.3, -0.25) is 4.90 Å². The van der Waals surface area contributed by atoms with Gasteiger partial charge in [-0.05, 0) is 52.9 Å². The molecule has 2 atom stereocenters. The predicted octanol–water partition coefficient (Wildman–Crippen LogP) is 4.86. The summed E-state index contributed by atoms with van der Waals surface area (Å²) in [6, 6.07) is 18.3. The largest absolute Gasteiger partial charge is 0.493 e. The molecule has 0 bridgehead atoms. The summed E-state index contributed by atoms with van der Waals surface area (Å²) in [6.45, 7) is 2.35. The number of hydrogen-bond donors (Lipinski definition) is 1. The quantitative estimate of drug-likeness (QED) is 0.577. The lowest BCUT2D eigenvalue weighted by atomic mass is 9.81. The molecule has 0 saturated heterocycles. The van der Waals surface area contributed by atoms with Crippen molar-refractivity contribution in [1.29, 1.82) is 0 Å². The van der Waals surface area contributed by atoms with Crippen molar-refractivity contribution in [2.24, 2.45) is 0 Å². The van der Waals surface area contributed by atoms with Gasteiger partial charge >= 0.3 is 0 Å². The second-order valence-electron chi connectivity index (χ2n) is 8.51. The van der Waals surface area contributed by atoms with Crippen LogP contribution in [0.3, 0.4) is 0 Å². The van der Waals surface area contributed by atoms with Crippen molar-refractivity contribution in [3.63, 3.8) is 0 Å². The van der Waals surface area contributed by atoms with Crippen molar-refractivity contribution < 1.29 is 18.8 Å². The van der Waals surface area contributed by atoms with Crippen LogP contribution in [0.1, 0.15) is 40.0 Å². The second kappa shape index (κ2) is 8.03. The van der Waals surface area contributed by atoms with Crippen LogP contribution in [0, 0.1) is 0 Å². The van der Waals surface area contributed by atoms with E-state index in [9.17, 15) is 5.11 Å². The maximum absolute atomic E-state index is 11.5. The Bertz CT molecular complexity index is 1170. The Labute approximate surface area is 192 Å². The monoisotopic (exact) mass is 447 g/mol. The molecule has 164 valence electrons. The zero-order chi connectivity index (χ0) is 21.7. The molecule has 0 saturated carbocycles.